The van der Waals surface area contributed by atoms with Crippen LogP contribution in [0, 0.1) is 0 Å². The summed E-state index contributed by atoms with van der Waals surface area (Å²) in [6.07, 6.45) is 5.05. The topological polar surface area (TPSA) is 49.8 Å². The Labute approximate surface area is 91.5 Å². The Morgan fingerprint density at radius 3 is 2.27 bits per heavy atom. The molecule has 0 radical (unpaired) electrons. The first-order valence-electron chi connectivity index (χ1n) is 5.66. The molecule has 1 aromatic heterocycles. The van der Waals surface area contributed by atoms with Crippen LogP contribution in [-0.2, 0) is 0 Å². The number of nitrogens with zero attached hydrogens (tertiary/aromatic N) is 2. The Balaban J connectivity index is 2.42. The molecule has 0 amide bonds. The van der Waals surface area contributed by atoms with E-state index in [0.29, 0.717) is 0 Å². The van der Waals surface area contributed by atoms with Gasteiger partial charge in [-0.1, -0.05) is 20.3 Å². The predicted molar refractivity (Wildman–Crippen MR) is 64.2 cm³/mol. The third-order valence-corrected chi connectivity index (χ3v) is 2.06. The van der Waals surface area contributed by atoms with E-state index in [-0.39, 0.29) is 0 Å². The zero-order valence-electron chi connectivity index (χ0n) is 9.58. The van der Waals surface area contributed by atoms with Gasteiger partial charge < -0.3 is 10.6 Å². The maximum Gasteiger partial charge on any atom is 0.131 e. The van der Waals surface area contributed by atoms with Crippen LogP contribution in [0.2, 0.25) is 0 Å². The Hall–Kier alpha value is -1.32. The van der Waals surface area contributed by atoms with Gasteiger partial charge in [-0.05, 0) is 12.8 Å². The van der Waals surface area contributed by atoms with Crippen molar-refractivity contribution in [1.82, 2.24) is 9.97 Å². The van der Waals surface area contributed by atoms with Gasteiger partial charge in [-0.2, -0.15) is 0 Å². The van der Waals surface area contributed by atoms with Crippen LogP contribution in [0.3, 0.4) is 0 Å². The fourth-order valence-electron chi connectivity index (χ4n) is 1.20. The summed E-state index contributed by atoms with van der Waals surface area (Å²) in [5, 5.41) is 6.51. The second-order valence-corrected chi connectivity index (χ2v) is 3.50. The van der Waals surface area contributed by atoms with Crippen LogP contribution in [-0.4, -0.2) is 23.1 Å². The van der Waals surface area contributed by atoms with Crippen LogP contribution in [0.15, 0.2) is 12.4 Å². The third-order valence-electron chi connectivity index (χ3n) is 2.06. The van der Waals surface area contributed by atoms with Gasteiger partial charge in [0.05, 0.1) is 0 Å². The highest BCUT2D eigenvalue weighted by molar-refractivity contribution is 5.46. The van der Waals surface area contributed by atoms with Gasteiger partial charge in [-0.15, -0.1) is 0 Å². The summed E-state index contributed by atoms with van der Waals surface area (Å²) in [6.45, 7) is 6.23. The monoisotopic (exact) mass is 208 g/mol. The van der Waals surface area contributed by atoms with E-state index >= 15 is 0 Å². The fraction of sp³-hybridized carbons (Fsp3) is 0.636. The summed E-state index contributed by atoms with van der Waals surface area (Å²) in [7, 11) is 0. The van der Waals surface area contributed by atoms with E-state index < -0.39 is 0 Å². The number of anilines is 2. The molecule has 0 saturated carbocycles. The SMILES string of the molecule is CCCCNc1cc(NCCC)ncn1. The average molecular weight is 208 g/mol. The molecule has 0 bridgehead atoms. The molecule has 0 aromatic carbocycles. The number of unbranched alkanes of at least 4 members (excludes halogenated alkanes) is 1. The Kier molecular flexibility index (Phi) is 5.51. The van der Waals surface area contributed by atoms with Gasteiger partial charge in [0.15, 0.2) is 0 Å². The highest BCUT2D eigenvalue weighted by Crippen LogP contribution is 2.08. The number of hydrogen-bond acceptors (Lipinski definition) is 4. The maximum absolute atomic E-state index is 4.16. The van der Waals surface area contributed by atoms with Gasteiger partial charge >= 0.3 is 0 Å². The van der Waals surface area contributed by atoms with Crippen molar-refractivity contribution in [3.05, 3.63) is 12.4 Å². The highest BCUT2D eigenvalue weighted by Gasteiger charge is 1.96. The van der Waals surface area contributed by atoms with Gasteiger partial charge in [-0.25, -0.2) is 9.97 Å². The Bertz CT molecular complexity index is 275. The molecule has 1 heterocycles. The predicted octanol–water partition coefficient (Wildman–Crippen LogP) is 2.51. The quantitative estimate of drug-likeness (QED) is 0.676. The Morgan fingerprint density at radius 2 is 1.67 bits per heavy atom. The van der Waals surface area contributed by atoms with Crippen molar-refractivity contribution in [1.29, 1.82) is 0 Å². The van der Waals surface area contributed by atoms with Crippen LogP contribution in [0.5, 0.6) is 0 Å². The number of aromatic nitrogens is 2. The van der Waals surface area contributed by atoms with Gasteiger partial charge in [-0.3, -0.25) is 0 Å². The maximum atomic E-state index is 4.16. The molecule has 0 aliphatic heterocycles. The smallest absolute Gasteiger partial charge is 0.131 e. The van der Waals surface area contributed by atoms with Crippen LogP contribution < -0.4 is 10.6 Å². The molecule has 4 nitrogen and oxygen atoms in total. The Morgan fingerprint density at radius 1 is 1.00 bits per heavy atom. The molecule has 1 rings (SSSR count). The molecule has 0 unspecified atom stereocenters. The van der Waals surface area contributed by atoms with E-state index in [1.807, 2.05) is 6.07 Å². The molecule has 1 aromatic rings. The largest absolute Gasteiger partial charge is 0.370 e. The summed E-state index contributed by atoms with van der Waals surface area (Å²) < 4.78 is 0. The molecular weight excluding hydrogens is 188 g/mol. The van der Waals surface area contributed by atoms with Gasteiger partial charge in [0.25, 0.3) is 0 Å². The van der Waals surface area contributed by atoms with Crippen molar-refractivity contribution in [3.63, 3.8) is 0 Å². The standard InChI is InChI=1S/C11H20N4/c1-3-5-7-13-11-8-10(12-6-4-2)14-9-15-11/h8-9H,3-7H2,1-2H3,(H2,12,13,14,15). The average Bonchev–Trinajstić information content (AvgIpc) is 2.27. The van der Waals surface area contributed by atoms with E-state index in [1.165, 1.54) is 12.8 Å². The van der Waals surface area contributed by atoms with Crippen molar-refractivity contribution < 1.29 is 0 Å². The summed E-state index contributed by atoms with van der Waals surface area (Å²) in [5.41, 5.74) is 0. The lowest BCUT2D eigenvalue weighted by atomic mass is 10.3. The zero-order chi connectivity index (χ0) is 10.9. The molecule has 2 N–H and O–H groups in total. The zero-order valence-corrected chi connectivity index (χ0v) is 9.58. The van der Waals surface area contributed by atoms with Crippen molar-refractivity contribution >= 4 is 11.6 Å². The first kappa shape index (κ1) is 11.8. The van der Waals surface area contributed by atoms with E-state index in [2.05, 4.69) is 34.4 Å². The third kappa shape index (κ3) is 4.63. The lowest BCUT2D eigenvalue weighted by molar-refractivity contribution is 0.830. The normalized spacial score (nSPS) is 10.0. The van der Waals surface area contributed by atoms with Gasteiger partial charge in [0.1, 0.15) is 18.0 Å². The van der Waals surface area contributed by atoms with E-state index in [0.717, 1.165) is 31.1 Å². The van der Waals surface area contributed by atoms with Crippen molar-refractivity contribution in [2.24, 2.45) is 0 Å². The summed E-state index contributed by atoms with van der Waals surface area (Å²) in [5.74, 6) is 1.79. The van der Waals surface area contributed by atoms with E-state index in [4.69, 9.17) is 0 Å². The summed E-state index contributed by atoms with van der Waals surface area (Å²) >= 11 is 0. The molecule has 0 saturated heterocycles. The van der Waals surface area contributed by atoms with Crippen LogP contribution in [0.1, 0.15) is 33.1 Å². The molecule has 0 atom stereocenters. The molecule has 0 aliphatic carbocycles. The molecule has 0 spiro atoms. The van der Waals surface area contributed by atoms with Crippen LogP contribution in [0.4, 0.5) is 11.6 Å². The van der Waals surface area contributed by atoms with Gasteiger partial charge in [0.2, 0.25) is 0 Å². The second kappa shape index (κ2) is 7.04. The number of hydrogen-bond donors (Lipinski definition) is 2. The fourth-order valence-corrected chi connectivity index (χ4v) is 1.20. The first-order valence-corrected chi connectivity index (χ1v) is 5.66. The van der Waals surface area contributed by atoms with Crippen molar-refractivity contribution in [2.45, 2.75) is 33.1 Å². The van der Waals surface area contributed by atoms with Gasteiger partial charge in [0, 0.05) is 19.2 Å². The minimum Gasteiger partial charge on any atom is -0.370 e. The first-order chi connectivity index (χ1) is 7.36. The van der Waals surface area contributed by atoms with E-state index in [1.54, 1.807) is 6.33 Å². The highest BCUT2D eigenvalue weighted by atomic mass is 15.1. The minimum atomic E-state index is 0.894. The molecule has 15 heavy (non-hydrogen) atoms. The van der Waals surface area contributed by atoms with Crippen molar-refractivity contribution in [2.75, 3.05) is 23.7 Å². The lowest BCUT2D eigenvalue weighted by Crippen LogP contribution is -2.06. The second-order valence-electron chi connectivity index (χ2n) is 3.50. The number of nitrogens with one attached hydrogen (secondary N) is 2. The van der Waals surface area contributed by atoms with Crippen molar-refractivity contribution in [3.8, 4) is 0 Å². The molecule has 0 fully saturated rings. The lowest BCUT2D eigenvalue weighted by Gasteiger charge is -2.07. The molecule has 0 aliphatic rings. The van der Waals surface area contributed by atoms with Crippen LogP contribution in [0.25, 0.3) is 0 Å². The van der Waals surface area contributed by atoms with E-state index in [9.17, 15) is 0 Å². The van der Waals surface area contributed by atoms with Crippen LogP contribution >= 0.6 is 0 Å². The summed E-state index contributed by atoms with van der Waals surface area (Å²) in [4.78, 5) is 8.30. The minimum absolute atomic E-state index is 0.894. The number of rotatable bonds is 7. The molecule has 84 valence electrons. The summed E-state index contributed by atoms with van der Waals surface area (Å²) in [6, 6.07) is 1.95. The molecular formula is C11H20N4. The molecule has 4 heteroatoms.